The molecule has 1 amide bonds. The third-order valence-electron chi connectivity index (χ3n) is 0.630. The van der Waals surface area contributed by atoms with Gasteiger partial charge in [0.1, 0.15) is 0 Å². The highest BCUT2D eigenvalue weighted by atomic mass is 16.3. The van der Waals surface area contributed by atoms with Crippen molar-refractivity contribution in [1.29, 1.82) is 0 Å². The summed E-state index contributed by atoms with van der Waals surface area (Å²) in [4.78, 5) is 11.6. The van der Waals surface area contributed by atoms with E-state index in [1.165, 1.54) is 11.8 Å². The summed E-state index contributed by atoms with van der Waals surface area (Å²) in [5, 5.41) is 8.52. The lowest BCUT2D eigenvalue weighted by Crippen LogP contribution is -2.17. The maximum Gasteiger partial charge on any atom is 0.218 e. The number of aliphatic hydroxyl groups is 1. The average Bonchev–Trinajstić information content (AvgIpc) is 1.59. The van der Waals surface area contributed by atoms with Crippen molar-refractivity contribution >= 4 is 5.91 Å². The Balaban J connectivity index is 0. The molecule has 0 aromatic carbocycles. The number of carbonyl (C=O) groups excluding carboxylic acids is 1. The quantitative estimate of drug-likeness (QED) is 0.572. The van der Waals surface area contributed by atoms with Crippen LogP contribution in [-0.4, -0.2) is 35.6 Å². The molecule has 0 aromatic rings. The monoisotopic (exact) mass is 161 g/mol. The SMILES string of the molecule is CC(=O)N(C)C.CC(C)(C)O. The first-order chi connectivity index (χ1) is 4.64. The van der Waals surface area contributed by atoms with Gasteiger partial charge in [-0.25, -0.2) is 0 Å². The van der Waals surface area contributed by atoms with E-state index in [4.69, 9.17) is 5.11 Å². The van der Waals surface area contributed by atoms with Crippen molar-refractivity contribution < 1.29 is 9.90 Å². The van der Waals surface area contributed by atoms with Crippen molar-refractivity contribution in [3.8, 4) is 0 Å². The molecule has 0 saturated heterocycles. The van der Waals surface area contributed by atoms with Crippen molar-refractivity contribution in [3.05, 3.63) is 0 Å². The van der Waals surface area contributed by atoms with Gasteiger partial charge in [0.2, 0.25) is 5.91 Å². The second-order valence-corrected chi connectivity index (χ2v) is 3.58. The van der Waals surface area contributed by atoms with E-state index < -0.39 is 5.60 Å². The zero-order valence-electron chi connectivity index (χ0n) is 8.30. The fourth-order valence-corrected chi connectivity index (χ4v) is 0. The van der Waals surface area contributed by atoms with Crippen molar-refractivity contribution in [1.82, 2.24) is 4.90 Å². The normalized spacial score (nSPS) is 9.73. The molecule has 3 heteroatoms. The van der Waals surface area contributed by atoms with Gasteiger partial charge in [0.25, 0.3) is 0 Å². The molecule has 0 radical (unpaired) electrons. The van der Waals surface area contributed by atoms with Gasteiger partial charge in [-0.1, -0.05) is 0 Å². The van der Waals surface area contributed by atoms with Gasteiger partial charge in [0, 0.05) is 21.0 Å². The van der Waals surface area contributed by atoms with Gasteiger partial charge in [-0.05, 0) is 20.8 Å². The van der Waals surface area contributed by atoms with E-state index in [0.717, 1.165) is 0 Å². The Morgan fingerprint density at radius 1 is 1.27 bits per heavy atom. The van der Waals surface area contributed by atoms with E-state index in [1.807, 2.05) is 0 Å². The van der Waals surface area contributed by atoms with Gasteiger partial charge in [-0.3, -0.25) is 4.79 Å². The summed E-state index contributed by atoms with van der Waals surface area (Å²) in [5.74, 6) is 0.0926. The van der Waals surface area contributed by atoms with E-state index in [9.17, 15) is 4.79 Å². The molecular weight excluding hydrogens is 142 g/mol. The smallest absolute Gasteiger partial charge is 0.218 e. The molecule has 1 N–H and O–H groups in total. The van der Waals surface area contributed by atoms with E-state index >= 15 is 0 Å². The maximum absolute atomic E-state index is 10.1. The molecule has 3 nitrogen and oxygen atoms in total. The predicted octanol–water partition coefficient (Wildman–Crippen LogP) is 0.872. The summed E-state index contributed by atoms with van der Waals surface area (Å²) in [5.41, 5.74) is -0.500. The molecular formula is C8H19NO2. The fourth-order valence-electron chi connectivity index (χ4n) is 0. The van der Waals surface area contributed by atoms with Gasteiger partial charge in [0.05, 0.1) is 5.60 Å². The minimum atomic E-state index is -0.500. The van der Waals surface area contributed by atoms with E-state index in [1.54, 1.807) is 34.9 Å². The zero-order chi connectivity index (χ0) is 9.65. The van der Waals surface area contributed by atoms with Crippen LogP contribution < -0.4 is 0 Å². The Labute approximate surface area is 69.0 Å². The third kappa shape index (κ3) is 44.2. The molecule has 11 heavy (non-hydrogen) atoms. The van der Waals surface area contributed by atoms with E-state index in [0.29, 0.717) is 0 Å². The summed E-state index contributed by atoms with van der Waals surface area (Å²) >= 11 is 0. The lowest BCUT2D eigenvalue weighted by molar-refractivity contribution is -0.126. The highest BCUT2D eigenvalue weighted by Crippen LogP contribution is 1.93. The molecule has 0 aromatic heterocycles. The molecule has 0 aliphatic rings. The van der Waals surface area contributed by atoms with Gasteiger partial charge in [0.15, 0.2) is 0 Å². The summed E-state index contributed by atoms with van der Waals surface area (Å²) in [6, 6.07) is 0. The van der Waals surface area contributed by atoms with Crippen LogP contribution in [0.4, 0.5) is 0 Å². The second-order valence-electron chi connectivity index (χ2n) is 3.58. The number of amides is 1. The summed E-state index contributed by atoms with van der Waals surface area (Å²) in [6.07, 6.45) is 0. The molecule has 0 unspecified atom stereocenters. The van der Waals surface area contributed by atoms with Crippen LogP contribution in [0.2, 0.25) is 0 Å². The minimum absolute atomic E-state index is 0.0926. The van der Waals surface area contributed by atoms with Crippen LogP contribution in [0.1, 0.15) is 27.7 Å². The van der Waals surface area contributed by atoms with Gasteiger partial charge >= 0.3 is 0 Å². The van der Waals surface area contributed by atoms with Crippen LogP contribution in [-0.2, 0) is 4.79 Å². The zero-order valence-corrected chi connectivity index (χ0v) is 8.30. The van der Waals surface area contributed by atoms with E-state index in [-0.39, 0.29) is 5.91 Å². The van der Waals surface area contributed by atoms with Crippen molar-refractivity contribution in [2.45, 2.75) is 33.3 Å². The van der Waals surface area contributed by atoms with Crippen LogP contribution in [0.25, 0.3) is 0 Å². The first-order valence-electron chi connectivity index (χ1n) is 3.55. The Bertz CT molecular complexity index is 108. The molecule has 0 atom stereocenters. The molecule has 0 heterocycles. The van der Waals surface area contributed by atoms with Crippen molar-refractivity contribution in [2.75, 3.05) is 14.1 Å². The fraction of sp³-hybridized carbons (Fsp3) is 0.875. The molecule has 0 aliphatic carbocycles. The van der Waals surface area contributed by atoms with Crippen LogP contribution >= 0.6 is 0 Å². The Kier molecular flexibility index (Phi) is 6.09. The Morgan fingerprint density at radius 2 is 1.36 bits per heavy atom. The number of rotatable bonds is 0. The molecule has 0 bridgehead atoms. The molecule has 68 valence electrons. The standard InChI is InChI=1S/C4H9NO.C4H10O/c1-4(6)5(2)3;1-4(2,3)5/h1-3H3;5H,1-3H3. The van der Waals surface area contributed by atoms with Crippen LogP contribution in [0.5, 0.6) is 0 Å². The lowest BCUT2D eigenvalue weighted by atomic mass is 10.2. The molecule has 0 aliphatic heterocycles. The van der Waals surface area contributed by atoms with E-state index in [2.05, 4.69) is 0 Å². The molecule has 0 spiro atoms. The summed E-state index contributed by atoms with van der Waals surface area (Å²) in [6.45, 7) is 6.76. The summed E-state index contributed by atoms with van der Waals surface area (Å²) in [7, 11) is 3.45. The molecule has 0 rings (SSSR count). The minimum Gasteiger partial charge on any atom is -0.391 e. The number of nitrogens with zero attached hydrogens (tertiary/aromatic N) is 1. The van der Waals surface area contributed by atoms with Gasteiger partial charge < -0.3 is 10.0 Å². The largest absolute Gasteiger partial charge is 0.391 e. The van der Waals surface area contributed by atoms with Crippen LogP contribution in [0, 0.1) is 0 Å². The topological polar surface area (TPSA) is 40.5 Å². The summed E-state index contributed by atoms with van der Waals surface area (Å²) < 4.78 is 0. The molecule has 0 fully saturated rings. The van der Waals surface area contributed by atoms with Gasteiger partial charge in [-0.2, -0.15) is 0 Å². The average molecular weight is 161 g/mol. The lowest BCUT2D eigenvalue weighted by Gasteiger charge is -2.04. The van der Waals surface area contributed by atoms with Crippen molar-refractivity contribution in [3.63, 3.8) is 0 Å². The number of carbonyl (C=O) groups is 1. The second kappa shape index (κ2) is 5.13. The number of hydrogen-bond donors (Lipinski definition) is 1. The Hall–Kier alpha value is -0.570. The number of hydrogen-bond acceptors (Lipinski definition) is 2. The van der Waals surface area contributed by atoms with Crippen LogP contribution in [0.15, 0.2) is 0 Å². The van der Waals surface area contributed by atoms with Crippen LogP contribution in [0.3, 0.4) is 0 Å². The first kappa shape index (κ1) is 13.1. The third-order valence-corrected chi connectivity index (χ3v) is 0.630. The maximum atomic E-state index is 10.1. The Morgan fingerprint density at radius 3 is 1.36 bits per heavy atom. The van der Waals surface area contributed by atoms with Crippen molar-refractivity contribution in [2.24, 2.45) is 0 Å². The van der Waals surface area contributed by atoms with Gasteiger partial charge in [-0.15, -0.1) is 0 Å². The predicted molar refractivity (Wildman–Crippen MR) is 46.3 cm³/mol. The molecule has 0 saturated carbocycles. The highest BCUT2D eigenvalue weighted by Gasteiger charge is 1.97. The first-order valence-corrected chi connectivity index (χ1v) is 3.55. The highest BCUT2D eigenvalue weighted by molar-refractivity contribution is 5.72.